The molecule has 1 atom stereocenters. The van der Waals surface area contributed by atoms with Crippen molar-refractivity contribution in [3.05, 3.63) is 77.1 Å². The Hall–Kier alpha value is -3.34. The number of fused-ring (bicyclic) bond motifs is 2. The number of anilines is 2. The minimum absolute atomic E-state index is 0.0172. The van der Waals surface area contributed by atoms with E-state index in [2.05, 4.69) is 90.5 Å². The first-order valence-corrected chi connectivity index (χ1v) is 16.6. The van der Waals surface area contributed by atoms with Gasteiger partial charge in [0.2, 0.25) is 0 Å². The van der Waals surface area contributed by atoms with Gasteiger partial charge in [0, 0.05) is 98.8 Å². The molecule has 9 heteroatoms. The number of rotatable bonds is 21. The van der Waals surface area contributed by atoms with Crippen LogP contribution in [0.15, 0.2) is 66.0 Å². The molecule has 46 heavy (non-hydrogen) atoms. The third-order valence-electron chi connectivity index (χ3n) is 8.23. The summed E-state index contributed by atoms with van der Waals surface area (Å²) in [6.45, 7) is 14.4. The minimum Gasteiger partial charge on any atom is -0.496 e. The van der Waals surface area contributed by atoms with Crippen molar-refractivity contribution in [2.24, 2.45) is 0 Å². The highest BCUT2D eigenvalue weighted by molar-refractivity contribution is 5.93. The first-order valence-electron chi connectivity index (χ1n) is 16.6. The Morgan fingerprint density at radius 1 is 0.761 bits per heavy atom. The Labute approximate surface area is 275 Å². The van der Waals surface area contributed by atoms with Crippen molar-refractivity contribution in [2.45, 2.75) is 33.2 Å². The number of benzene rings is 2. The molecule has 2 aromatic rings. The molecule has 0 spiro atoms. The molecular formula is C37H53N3O6. The lowest BCUT2D eigenvalue weighted by atomic mass is 9.86. The number of ether oxygens (including phenoxy) is 6. The number of allylic oxidation sites excluding steroid dienone is 1. The molecule has 2 aliphatic rings. The lowest BCUT2D eigenvalue weighted by Crippen LogP contribution is -2.31. The maximum atomic E-state index is 6.71. The van der Waals surface area contributed by atoms with Gasteiger partial charge in [-0.05, 0) is 50.6 Å². The zero-order valence-corrected chi connectivity index (χ0v) is 28.6. The predicted molar refractivity (Wildman–Crippen MR) is 187 cm³/mol. The molecule has 0 bridgehead atoms. The molecule has 1 aliphatic heterocycles. The molecule has 0 amide bonds. The largest absolute Gasteiger partial charge is 0.496 e. The molecule has 252 valence electrons. The molecule has 0 aromatic heterocycles. The lowest BCUT2D eigenvalue weighted by molar-refractivity contribution is 0.0718. The van der Waals surface area contributed by atoms with Crippen LogP contribution in [0.3, 0.4) is 0 Å². The predicted octanol–water partition coefficient (Wildman–Crippen LogP) is 5.69. The van der Waals surface area contributed by atoms with E-state index in [1.807, 2.05) is 0 Å². The number of hydrogen-bond acceptors (Lipinski definition) is 9. The van der Waals surface area contributed by atoms with Crippen LogP contribution < -0.4 is 24.6 Å². The van der Waals surface area contributed by atoms with E-state index in [9.17, 15) is 0 Å². The van der Waals surface area contributed by atoms with E-state index >= 15 is 0 Å². The number of nitrogens with zero attached hydrogens (tertiary/aromatic N) is 2. The Kier molecular flexibility index (Phi) is 14.5. The van der Waals surface area contributed by atoms with Gasteiger partial charge in [0.25, 0.3) is 0 Å². The van der Waals surface area contributed by atoms with Crippen molar-refractivity contribution in [3.63, 3.8) is 0 Å². The van der Waals surface area contributed by atoms with Crippen molar-refractivity contribution < 1.29 is 28.4 Å². The van der Waals surface area contributed by atoms with Crippen molar-refractivity contribution >= 4 is 16.9 Å². The fourth-order valence-electron chi connectivity index (χ4n) is 5.84. The van der Waals surface area contributed by atoms with Gasteiger partial charge in [0.05, 0.1) is 46.8 Å². The van der Waals surface area contributed by atoms with Gasteiger partial charge in [-0.3, -0.25) is 0 Å². The van der Waals surface area contributed by atoms with Crippen LogP contribution in [0.5, 0.6) is 11.5 Å². The van der Waals surface area contributed by atoms with Crippen LogP contribution in [0.1, 0.15) is 38.3 Å². The second-order valence-corrected chi connectivity index (χ2v) is 11.2. The smallest absolute Gasteiger partial charge is 0.137 e. The first kappa shape index (κ1) is 35.5. The van der Waals surface area contributed by atoms with Gasteiger partial charge in [-0.25, -0.2) is 0 Å². The molecule has 1 heterocycles. The van der Waals surface area contributed by atoms with Gasteiger partial charge in [-0.15, -0.1) is 0 Å². The topological polar surface area (TPSA) is 73.9 Å². The van der Waals surface area contributed by atoms with Crippen molar-refractivity contribution in [3.8, 4) is 11.5 Å². The minimum atomic E-state index is 0.0172. The third-order valence-corrected chi connectivity index (χ3v) is 8.23. The summed E-state index contributed by atoms with van der Waals surface area (Å²) >= 11 is 0. The second-order valence-electron chi connectivity index (χ2n) is 11.2. The molecule has 2 aromatic carbocycles. The Morgan fingerprint density at radius 2 is 1.46 bits per heavy atom. The number of methoxy groups -OCH3 is 3. The molecule has 0 radical (unpaired) electrons. The van der Waals surface area contributed by atoms with Crippen molar-refractivity contribution in [2.75, 3.05) is 103 Å². The molecule has 0 saturated carbocycles. The van der Waals surface area contributed by atoms with Crippen LogP contribution in [0.4, 0.5) is 11.4 Å². The zero-order valence-electron chi connectivity index (χ0n) is 28.6. The summed E-state index contributed by atoms with van der Waals surface area (Å²) < 4.78 is 34.4. The van der Waals surface area contributed by atoms with E-state index in [1.165, 1.54) is 0 Å². The van der Waals surface area contributed by atoms with Crippen LogP contribution in [0, 0.1) is 0 Å². The summed E-state index contributed by atoms with van der Waals surface area (Å²) in [5.41, 5.74) is 6.48. The standard InChI is InChI=1S/C37H53N3O6/c1-7-17-40(18-20-45-24-22-42-5)30-12-15-33-36(27-30)46-35-25-28(38-16-19-44-23-21-41-4)10-13-32(35)37(33)31-14-11-29(26-34(31)43-6)39(8-2)9-3/h10-15,25-28,38H,7-9,16-24H2,1-6H3. The molecule has 1 N–H and O–H groups in total. The fourth-order valence-corrected chi connectivity index (χ4v) is 5.84. The molecule has 4 rings (SSSR count). The number of nitrogens with one attached hydrogen (secondary N) is 1. The maximum absolute atomic E-state index is 6.71. The SMILES string of the molecule is CCCN(CCOCCOC)c1ccc2c(c1)OC1=CC(NCCOCCOC)C=CC1=C2c1ccc(N(CC)CC)cc1OC. The normalized spacial score (nSPS) is 15.3. The van der Waals surface area contributed by atoms with Crippen molar-refractivity contribution in [1.82, 2.24) is 5.32 Å². The first-order chi connectivity index (χ1) is 22.6. The molecular weight excluding hydrogens is 582 g/mol. The monoisotopic (exact) mass is 635 g/mol. The van der Waals surface area contributed by atoms with Gasteiger partial charge >= 0.3 is 0 Å². The van der Waals surface area contributed by atoms with Gasteiger partial charge in [-0.1, -0.05) is 19.1 Å². The van der Waals surface area contributed by atoms with Crippen molar-refractivity contribution in [1.29, 1.82) is 0 Å². The highest BCUT2D eigenvalue weighted by Gasteiger charge is 2.29. The van der Waals surface area contributed by atoms with Gasteiger partial charge in [-0.2, -0.15) is 0 Å². The van der Waals surface area contributed by atoms with Crippen LogP contribution in [-0.4, -0.2) is 99.7 Å². The van der Waals surface area contributed by atoms with Gasteiger partial charge in [0.15, 0.2) is 0 Å². The van der Waals surface area contributed by atoms with E-state index in [0.29, 0.717) is 46.2 Å². The van der Waals surface area contributed by atoms with Crippen LogP contribution in [-0.2, 0) is 18.9 Å². The summed E-state index contributed by atoms with van der Waals surface area (Å²) in [7, 11) is 5.12. The van der Waals surface area contributed by atoms with E-state index < -0.39 is 0 Å². The van der Waals surface area contributed by atoms with Crippen LogP contribution in [0.25, 0.3) is 5.57 Å². The summed E-state index contributed by atoms with van der Waals surface area (Å²) in [6, 6.07) is 13.1. The summed E-state index contributed by atoms with van der Waals surface area (Å²) in [5, 5.41) is 3.56. The van der Waals surface area contributed by atoms with E-state index in [-0.39, 0.29) is 6.04 Å². The van der Waals surface area contributed by atoms with E-state index in [4.69, 9.17) is 28.4 Å². The molecule has 1 unspecified atom stereocenters. The highest BCUT2D eigenvalue weighted by Crippen LogP contribution is 2.47. The summed E-state index contributed by atoms with van der Waals surface area (Å²) in [5.74, 6) is 2.50. The third kappa shape index (κ3) is 9.14. The quantitative estimate of drug-likeness (QED) is 0.174. The second kappa shape index (κ2) is 18.7. The van der Waals surface area contributed by atoms with Gasteiger partial charge in [0.1, 0.15) is 17.3 Å². The Bertz CT molecular complexity index is 1340. The zero-order chi connectivity index (χ0) is 32.7. The average molecular weight is 636 g/mol. The van der Waals surface area contributed by atoms with E-state index in [1.54, 1.807) is 21.3 Å². The van der Waals surface area contributed by atoms with E-state index in [0.717, 1.165) is 83.5 Å². The fraction of sp³-hybridized carbons (Fsp3) is 0.514. The Balaban J connectivity index is 1.70. The molecule has 9 nitrogen and oxygen atoms in total. The molecule has 0 saturated heterocycles. The lowest BCUT2D eigenvalue weighted by Gasteiger charge is -2.31. The van der Waals surface area contributed by atoms with Crippen LogP contribution >= 0.6 is 0 Å². The average Bonchev–Trinajstić information content (AvgIpc) is 3.08. The summed E-state index contributed by atoms with van der Waals surface area (Å²) in [4.78, 5) is 4.69. The summed E-state index contributed by atoms with van der Waals surface area (Å²) in [6.07, 6.45) is 7.54. The van der Waals surface area contributed by atoms with Gasteiger partial charge < -0.3 is 43.5 Å². The number of hydrogen-bond donors (Lipinski definition) is 1. The highest BCUT2D eigenvalue weighted by atomic mass is 16.5. The molecule has 0 fully saturated rings. The maximum Gasteiger partial charge on any atom is 0.137 e. The molecule has 1 aliphatic carbocycles. The Morgan fingerprint density at radius 3 is 2.13 bits per heavy atom. The van der Waals surface area contributed by atoms with Crippen LogP contribution in [0.2, 0.25) is 0 Å².